The number of amides is 1. The van der Waals surface area contributed by atoms with Gasteiger partial charge in [-0.05, 0) is 59.7 Å². The number of nitrogens with one attached hydrogen (secondary N) is 2. The van der Waals surface area contributed by atoms with E-state index in [1.165, 1.54) is 6.07 Å². The molecule has 0 spiro atoms. The molecule has 0 fully saturated rings. The fourth-order valence-electron chi connectivity index (χ4n) is 1.78. The third-order valence-electron chi connectivity index (χ3n) is 3.04. The summed E-state index contributed by atoms with van der Waals surface area (Å²) in [5.41, 5.74) is 0.664. The lowest BCUT2D eigenvalue weighted by Gasteiger charge is -2.24. The van der Waals surface area contributed by atoms with Gasteiger partial charge in [0.05, 0.1) is 0 Å². The van der Waals surface area contributed by atoms with E-state index in [1.807, 2.05) is 7.05 Å². The number of carbonyl (C=O) groups excluding carboxylic acids is 1. The van der Waals surface area contributed by atoms with Crippen molar-refractivity contribution in [3.05, 3.63) is 23.8 Å². The highest BCUT2D eigenvalue weighted by Crippen LogP contribution is 2.26. The van der Waals surface area contributed by atoms with E-state index in [4.69, 9.17) is 4.74 Å². The molecule has 0 heterocycles. The first kappa shape index (κ1) is 17.3. The molecule has 0 bridgehead atoms. The number of phenols is 1. The first-order valence-electron chi connectivity index (χ1n) is 7.03. The van der Waals surface area contributed by atoms with Gasteiger partial charge in [-0.15, -0.1) is 0 Å². The number of benzene rings is 1. The minimum Gasteiger partial charge on any atom is -0.508 e. The first-order valence-corrected chi connectivity index (χ1v) is 7.03. The van der Waals surface area contributed by atoms with Gasteiger partial charge in [0, 0.05) is 17.3 Å². The molecule has 0 saturated heterocycles. The molecule has 0 aliphatic heterocycles. The van der Waals surface area contributed by atoms with Crippen LogP contribution in [0.1, 0.15) is 40.2 Å². The summed E-state index contributed by atoms with van der Waals surface area (Å²) in [5, 5.41) is 15.9. The van der Waals surface area contributed by atoms with Crippen LogP contribution in [-0.4, -0.2) is 29.4 Å². The van der Waals surface area contributed by atoms with Crippen molar-refractivity contribution in [1.29, 1.82) is 0 Å². The van der Waals surface area contributed by atoms with Gasteiger partial charge < -0.3 is 15.2 Å². The van der Waals surface area contributed by atoms with Crippen molar-refractivity contribution in [3.63, 3.8) is 0 Å². The Morgan fingerprint density at radius 1 is 1.24 bits per heavy atom. The summed E-state index contributed by atoms with van der Waals surface area (Å²) < 4.78 is 5.17. The number of aromatic hydroxyl groups is 1. The monoisotopic (exact) mass is 294 g/mol. The van der Waals surface area contributed by atoms with E-state index in [1.54, 1.807) is 32.9 Å². The normalized spacial score (nSPS) is 12.1. The molecule has 1 aromatic carbocycles. The number of phenolic OH excluding ortho intramolecular Hbond substituents is 1. The summed E-state index contributed by atoms with van der Waals surface area (Å²) in [6.45, 7) is 9.51. The van der Waals surface area contributed by atoms with Crippen LogP contribution in [0.2, 0.25) is 0 Å². The summed E-state index contributed by atoms with van der Waals surface area (Å²) in [4.78, 5) is 11.7. The van der Waals surface area contributed by atoms with E-state index in [0.717, 1.165) is 5.56 Å². The SMILES string of the molecule is CNC(C)(C)Cc1ccc(NC(=O)OC(C)(C)C)cc1O. The zero-order valence-electron chi connectivity index (χ0n) is 13.7. The Morgan fingerprint density at radius 2 is 1.86 bits per heavy atom. The van der Waals surface area contributed by atoms with Crippen molar-refractivity contribution in [2.24, 2.45) is 0 Å². The van der Waals surface area contributed by atoms with Gasteiger partial charge in [-0.25, -0.2) is 4.79 Å². The number of anilines is 1. The van der Waals surface area contributed by atoms with E-state index >= 15 is 0 Å². The predicted octanol–water partition coefficient (Wildman–Crippen LogP) is 3.28. The fourth-order valence-corrected chi connectivity index (χ4v) is 1.78. The largest absolute Gasteiger partial charge is 0.508 e. The molecule has 0 saturated carbocycles. The molecule has 21 heavy (non-hydrogen) atoms. The second kappa shape index (κ2) is 6.35. The van der Waals surface area contributed by atoms with Crippen LogP contribution in [0.3, 0.4) is 0 Å². The third-order valence-corrected chi connectivity index (χ3v) is 3.04. The van der Waals surface area contributed by atoms with E-state index in [9.17, 15) is 9.90 Å². The second-order valence-electron chi connectivity index (χ2n) is 6.78. The third kappa shape index (κ3) is 6.04. The molecule has 0 aliphatic rings. The molecule has 0 aliphatic carbocycles. The van der Waals surface area contributed by atoms with Crippen molar-refractivity contribution < 1.29 is 14.6 Å². The summed E-state index contributed by atoms with van der Waals surface area (Å²) in [6.07, 6.45) is 0.146. The van der Waals surface area contributed by atoms with E-state index < -0.39 is 11.7 Å². The van der Waals surface area contributed by atoms with Gasteiger partial charge in [0.1, 0.15) is 11.4 Å². The molecule has 1 amide bonds. The molecular weight excluding hydrogens is 268 g/mol. The lowest BCUT2D eigenvalue weighted by atomic mass is 9.94. The number of likely N-dealkylation sites (N-methyl/N-ethyl adjacent to an activating group) is 1. The molecule has 5 heteroatoms. The van der Waals surface area contributed by atoms with Crippen LogP contribution < -0.4 is 10.6 Å². The van der Waals surface area contributed by atoms with Gasteiger partial charge in [-0.2, -0.15) is 0 Å². The summed E-state index contributed by atoms with van der Waals surface area (Å²) >= 11 is 0. The predicted molar refractivity (Wildman–Crippen MR) is 84.8 cm³/mol. The number of ether oxygens (including phenoxy) is 1. The zero-order chi connectivity index (χ0) is 16.3. The minimum atomic E-state index is -0.553. The van der Waals surface area contributed by atoms with Gasteiger partial charge in [0.25, 0.3) is 0 Å². The molecule has 5 nitrogen and oxygen atoms in total. The molecule has 0 radical (unpaired) electrons. The second-order valence-corrected chi connectivity index (χ2v) is 6.78. The Morgan fingerprint density at radius 3 is 2.33 bits per heavy atom. The average molecular weight is 294 g/mol. The lowest BCUT2D eigenvalue weighted by Crippen LogP contribution is -2.38. The summed E-state index contributed by atoms with van der Waals surface area (Å²) in [6, 6.07) is 5.09. The molecular formula is C16H26N2O3. The molecule has 118 valence electrons. The highest BCUT2D eigenvalue weighted by molar-refractivity contribution is 5.85. The van der Waals surface area contributed by atoms with Crippen LogP contribution in [0.4, 0.5) is 10.5 Å². The van der Waals surface area contributed by atoms with Crippen molar-refractivity contribution in [1.82, 2.24) is 5.32 Å². The maximum atomic E-state index is 11.7. The Balaban J connectivity index is 2.77. The Labute approximate surface area is 126 Å². The van der Waals surface area contributed by atoms with Crippen molar-refractivity contribution in [2.45, 2.75) is 52.2 Å². The molecule has 1 rings (SSSR count). The Hall–Kier alpha value is -1.75. The van der Waals surface area contributed by atoms with Crippen LogP contribution in [0.5, 0.6) is 5.75 Å². The van der Waals surface area contributed by atoms with Crippen molar-refractivity contribution in [2.75, 3.05) is 12.4 Å². The van der Waals surface area contributed by atoms with E-state index in [0.29, 0.717) is 12.1 Å². The van der Waals surface area contributed by atoms with Gasteiger partial charge >= 0.3 is 6.09 Å². The van der Waals surface area contributed by atoms with E-state index in [2.05, 4.69) is 24.5 Å². The molecule has 0 atom stereocenters. The summed E-state index contributed by atoms with van der Waals surface area (Å²) in [7, 11) is 1.88. The molecule has 1 aromatic rings. The highest BCUT2D eigenvalue weighted by Gasteiger charge is 2.19. The van der Waals surface area contributed by atoms with Crippen LogP contribution >= 0.6 is 0 Å². The molecule has 0 aromatic heterocycles. The van der Waals surface area contributed by atoms with Crippen molar-refractivity contribution >= 4 is 11.8 Å². The van der Waals surface area contributed by atoms with Crippen LogP contribution in [0, 0.1) is 0 Å². The zero-order valence-corrected chi connectivity index (χ0v) is 13.7. The van der Waals surface area contributed by atoms with Gasteiger partial charge in [-0.3, -0.25) is 5.32 Å². The van der Waals surface area contributed by atoms with E-state index in [-0.39, 0.29) is 11.3 Å². The lowest BCUT2D eigenvalue weighted by molar-refractivity contribution is 0.0636. The average Bonchev–Trinajstić information content (AvgIpc) is 2.30. The van der Waals surface area contributed by atoms with Gasteiger partial charge in [0.15, 0.2) is 0 Å². The smallest absolute Gasteiger partial charge is 0.412 e. The van der Waals surface area contributed by atoms with Crippen molar-refractivity contribution in [3.8, 4) is 5.75 Å². The highest BCUT2D eigenvalue weighted by atomic mass is 16.6. The minimum absolute atomic E-state index is 0.114. The first-order chi connectivity index (χ1) is 9.52. The number of hydrogen-bond acceptors (Lipinski definition) is 4. The topological polar surface area (TPSA) is 70.6 Å². The molecule has 3 N–H and O–H groups in total. The van der Waals surface area contributed by atoms with Gasteiger partial charge in [0.2, 0.25) is 0 Å². The number of carbonyl (C=O) groups is 1. The van der Waals surface area contributed by atoms with Crippen LogP contribution in [-0.2, 0) is 11.2 Å². The van der Waals surface area contributed by atoms with Gasteiger partial charge in [-0.1, -0.05) is 6.07 Å². The number of hydrogen-bond donors (Lipinski definition) is 3. The van der Waals surface area contributed by atoms with Crippen LogP contribution in [0.25, 0.3) is 0 Å². The standard InChI is InChI=1S/C16H26N2O3/c1-15(2,3)21-14(20)18-12-8-7-11(13(19)9-12)10-16(4,5)17-6/h7-9,17,19H,10H2,1-6H3,(H,18,20). The van der Waals surface area contributed by atoms with Crippen LogP contribution in [0.15, 0.2) is 18.2 Å². The molecule has 0 unspecified atom stereocenters. The Kier molecular flexibility index (Phi) is 5.23. The maximum Gasteiger partial charge on any atom is 0.412 e. The summed E-state index contributed by atoms with van der Waals surface area (Å²) in [5.74, 6) is 0.159. The number of rotatable bonds is 4. The maximum absolute atomic E-state index is 11.7. The quantitative estimate of drug-likeness (QED) is 0.797. The fraction of sp³-hybridized carbons (Fsp3) is 0.562. The Bertz CT molecular complexity index is 505.